The standard InChI is InChI=1S/C25H29N3O3/c1-20-26-10-12-27(20)11-9-25(29)28-13-14-30-15-16-31-24-8-3-2-7-23(24)18-21-5-4-6-22(17-21)19-28/h2-8,10,12,17H,9,11,13-16,18-19H2,1H3. The first-order valence-corrected chi connectivity index (χ1v) is 10.8. The zero-order valence-corrected chi connectivity index (χ0v) is 18.0. The number of hydrogen-bond donors (Lipinski definition) is 0. The molecule has 1 aliphatic rings. The number of ether oxygens (including phenoxy) is 2. The van der Waals surface area contributed by atoms with Crippen LogP contribution in [-0.4, -0.2) is 46.7 Å². The van der Waals surface area contributed by atoms with E-state index in [9.17, 15) is 4.79 Å². The molecule has 6 heteroatoms. The van der Waals surface area contributed by atoms with E-state index in [0.29, 0.717) is 45.9 Å². The van der Waals surface area contributed by atoms with Gasteiger partial charge in [-0.1, -0.05) is 42.5 Å². The van der Waals surface area contributed by atoms with Crippen molar-refractivity contribution in [3.63, 3.8) is 0 Å². The molecule has 2 aromatic carbocycles. The molecule has 162 valence electrons. The predicted molar refractivity (Wildman–Crippen MR) is 119 cm³/mol. The van der Waals surface area contributed by atoms with Crippen molar-refractivity contribution < 1.29 is 14.3 Å². The summed E-state index contributed by atoms with van der Waals surface area (Å²) in [7, 11) is 0. The topological polar surface area (TPSA) is 56.6 Å². The van der Waals surface area contributed by atoms with Crippen molar-refractivity contribution in [2.24, 2.45) is 0 Å². The summed E-state index contributed by atoms with van der Waals surface area (Å²) in [6.45, 7) is 5.19. The Balaban J connectivity index is 1.50. The summed E-state index contributed by atoms with van der Waals surface area (Å²) in [6, 6.07) is 16.6. The van der Waals surface area contributed by atoms with Gasteiger partial charge in [0.1, 0.15) is 18.2 Å². The highest BCUT2D eigenvalue weighted by molar-refractivity contribution is 5.76. The number of nitrogens with zero attached hydrogens (tertiary/aromatic N) is 3. The van der Waals surface area contributed by atoms with Crippen molar-refractivity contribution in [1.29, 1.82) is 0 Å². The van der Waals surface area contributed by atoms with Crippen LogP contribution in [0.15, 0.2) is 60.9 Å². The molecule has 31 heavy (non-hydrogen) atoms. The van der Waals surface area contributed by atoms with Crippen molar-refractivity contribution >= 4 is 5.91 Å². The molecule has 0 unspecified atom stereocenters. The summed E-state index contributed by atoms with van der Waals surface area (Å²) in [5.74, 6) is 1.95. The smallest absolute Gasteiger partial charge is 0.224 e. The second-order valence-corrected chi connectivity index (χ2v) is 7.80. The monoisotopic (exact) mass is 419 g/mol. The van der Waals surface area contributed by atoms with E-state index in [2.05, 4.69) is 35.3 Å². The van der Waals surface area contributed by atoms with Crippen LogP contribution in [0.3, 0.4) is 0 Å². The van der Waals surface area contributed by atoms with Crippen molar-refractivity contribution in [2.45, 2.75) is 32.9 Å². The van der Waals surface area contributed by atoms with Gasteiger partial charge in [0.05, 0.1) is 13.2 Å². The molecular formula is C25H29N3O3. The normalized spacial score (nSPS) is 14.9. The van der Waals surface area contributed by atoms with Crippen LogP contribution in [0, 0.1) is 6.92 Å². The van der Waals surface area contributed by atoms with E-state index in [1.807, 2.05) is 40.8 Å². The van der Waals surface area contributed by atoms with Gasteiger partial charge in [0, 0.05) is 44.9 Å². The Morgan fingerprint density at radius 1 is 1.06 bits per heavy atom. The number of amides is 1. The SMILES string of the molecule is Cc1nccn1CCC(=O)N1CCOCCOc2ccccc2Cc2cccc(c2)C1. The lowest BCUT2D eigenvalue weighted by Gasteiger charge is -2.24. The minimum absolute atomic E-state index is 0.121. The zero-order valence-electron chi connectivity index (χ0n) is 18.0. The van der Waals surface area contributed by atoms with E-state index >= 15 is 0 Å². The van der Waals surface area contributed by atoms with Crippen molar-refractivity contribution in [2.75, 3.05) is 26.4 Å². The number of fused-ring (bicyclic) bond motifs is 3. The molecule has 1 aromatic heterocycles. The number of imidazole rings is 1. The lowest BCUT2D eigenvalue weighted by atomic mass is 10.0. The second kappa shape index (κ2) is 10.3. The molecule has 0 saturated carbocycles. The Hall–Kier alpha value is -3.12. The van der Waals surface area contributed by atoms with Crippen molar-refractivity contribution in [1.82, 2.24) is 14.5 Å². The average molecular weight is 420 g/mol. The molecule has 0 N–H and O–H groups in total. The van der Waals surface area contributed by atoms with Gasteiger partial charge >= 0.3 is 0 Å². The van der Waals surface area contributed by atoms with E-state index in [-0.39, 0.29) is 5.91 Å². The van der Waals surface area contributed by atoms with E-state index in [4.69, 9.17) is 9.47 Å². The van der Waals surface area contributed by atoms with Gasteiger partial charge in [-0.05, 0) is 29.7 Å². The van der Waals surface area contributed by atoms with Gasteiger partial charge in [0.2, 0.25) is 5.91 Å². The first-order valence-electron chi connectivity index (χ1n) is 10.8. The van der Waals surface area contributed by atoms with Crippen LogP contribution < -0.4 is 4.74 Å². The number of carbonyl (C=O) groups is 1. The van der Waals surface area contributed by atoms with Gasteiger partial charge in [-0.2, -0.15) is 0 Å². The Labute approximate surface area is 183 Å². The van der Waals surface area contributed by atoms with Gasteiger partial charge in [-0.25, -0.2) is 4.98 Å². The molecule has 4 rings (SSSR count). The number of aryl methyl sites for hydroxylation is 2. The molecule has 2 bridgehead atoms. The van der Waals surface area contributed by atoms with E-state index < -0.39 is 0 Å². The second-order valence-electron chi connectivity index (χ2n) is 7.80. The first-order chi connectivity index (χ1) is 15.2. The van der Waals surface area contributed by atoms with Crippen molar-refractivity contribution in [3.8, 4) is 5.75 Å². The molecule has 6 nitrogen and oxygen atoms in total. The van der Waals surface area contributed by atoms with Crippen LogP contribution in [0.2, 0.25) is 0 Å². The highest BCUT2D eigenvalue weighted by Crippen LogP contribution is 2.22. The van der Waals surface area contributed by atoms with Crippen molar-refractivity contribution in [3.05, 3.63) is 83.4 Å². The maximum absolute atomic E-state index is 13.0. The third-order valence-corrected chi connectivity index (χ3v) is 5.57. The number of rotatable bonds is 3. The van der Waals surface area contributed by atoms with Crippen LogP contribution >= 0.6 is 0 Å². The molecule has 2 heterocycles. The van der Waals surface area contributed by atoms with Gasteiger partial charge in [-0.15, -0.1) is 0 Å². The summed E-state index contributed by atoms with van der Waals surface area (Å²) in [6.07, 6.45) is 4.91. The Morgan fingerprint density at radius 3 is 2.81 bits per heavy atom. The quantitative estimate of drug-likeness (QED) is 0.651. The Bertz CT molecular complexity index is 1010. The number of carbonyl (C=O) groups excluding carboxylic acids is 1. The number of para-hydroxylation sites is 1. The van der Waals surface area contributed by atoms with E-state index in [1.54, 1.807) is 6.20 Å². The van der Waals surface area contributed by atoms with Crippen LogP contribution in [-0.2, 0) is 29.0 Å². The summed E-state index contributed by atoms with van der Waals surface area (Å²) < 4.78 is 13.7. The number of aromatic nitrogens is 2. The summed E-state index contributed by atoms with van der Waals surface area (Å²) in [5, 5.41) is 0. The molecule has 0 atom stereocenters. The molecule has 0 spiro atoms. The molecular weight excluding hydrogens is 390 g/mol. The third-order valence-electron chi connectivity index (χ3n) is 5.57. The summed E-state index contributed by atoms with van der Waals surface area (Å²) >= 11 is 0. The van der Waals surface area contributed by atoms with E-state index in [1.165, 1.54) is 5.56 Å². The molecule has 0 fully saturated rings. The molecule has 1 aliphatic heterocycles. The summed E-state index contributed by atoms with van der Waals surface area (Å²) in [5.41, 5.74) is 3.49. The van der Waals surface area contributed by atoms with Gasteiger partial charge < -0.3 is 18.9 Å². The van der Waals surface area contributed by atoms with E-state index in [0.717, 1.165) is 29.1 Å². The van der Waals surface area contributed by atoms with Gasteiger partial charge in [-0.3, -0.25) is 4.79 Å². The fourth-order valence-corrected chi connectivity index (χ4v) is 3.86. The van der Waals surface area contributed by atoms with Gasteiger partial charge in [0.15, 0.2) is 0 Å². The molecule has 0 aliphatic carbocycles. The van der Waals surface area contributed by atoms with Gasteiger partial charge in [0.25, 0.3) is 0 Å². The highest BCUT2D eigenvalue weighted by atomic mass is 16.5. The fourth-order valence-electron chi connectivity index (χ4n) is 3.86. The first kappa shape index (κ1) is 21.1. The Kier molecular flexibility index (Phi) is 6.99. The molecule has 1 amide bonds. The lowest BCUT2D eigenvalue weighted by molar-refractivity contribution is -0.132. The van der Waals surface area contributed by atoms with Crippen LogP contribution in [0.5, 0.6) is 5.75 Å². The summed E-state index contributed by atoms with van der Waals surface area (Å²) in [4.78, 5) is 19.1. The minimum Gasteiger partial charge on any atom is -0.491 e. The molecule has 3 aromatic rings. The largest absolute Gasteiger partial charge is 0.491 e. The third kappa shape index (κ3) is 5.73. The maximum Gasteiger partial charge on any atom is 0.224 e. The van der Waals surface area contributed by atoms with Crippen LogP contribution in [0.4, 0.5) is 0 Å². The fraction of sp³-hybridized carbons (Fsp3) is 0.360. The maximum atomic E-state index is 13.0. The number of hydrogen-bond acceptors (Lipinski definition) is 4. The Morgan fingerprint density at radius 2 is 1.94 bits per heavy atom. The lowest BCUT2D eigenvalue weighted by Crippen LogP contribution is -2.34. The minimum atomic E-state index is 0.121. The number of benzene rings is 2. The van der Waals surface area contributed by atoms with Crippen LogP contribution in [0.1, 0.15) is 28.9 Å². The predicted octanol–water partition coefficient (Wildman–Crippen LogP) is 3.61. The molecule has 0 radical (unpaired) electrons. The average Bonchev–Trinajstić information content (AvgIpc) is 3.19. The molecule has 0 saturated heterocycles. The highest BCUT2D eigenvalue weighted by Gasteiger charge is 2.16. The zero-order chi connectivity index (χ0) is 21.5. The van der Waals surface area contributed by atoms with Crippen LogP contribution in [0.25, 0.3) is 0 Å².